The first-order chi connectivity index (χ1) is 17.3. The SMILES string of the molecule is COCCC(F)(F)C(F)(F)C(F)(F)C(F)(F)C(F)(F)C(F)(F)C(F)(F)C(F)(F)C(F)(F)C(F)(C(F)(F)F)C(F)(F)F. The fraction of sp³-hybridized carbons (Fsp3) is 1.00. The first kappa shape index (κ1) is 39.2. The Morgan fingerprint density at radius 3 is 0.780 bits per heavy atom. The third-order valence-electron chi connectivity index (χ3n) is 5.05. The Bertz CT molecular complexity index is 908. The fourth-order valence-corrected chi connectivity index (χ4v) is 2.53. The minimum Gasteiger partial charge on any atom is -0.384 e. The summed E-state index contributed by atoms with van der Waals surface area (Å²) in [6.45, 7) is -1.86. The van der Waals surface area contributed by atoms with Gasteiger partial charge in [0.15, 0.2) is 0 Å². The zero-order valence-electron chi connectivity index (χ0n) is 18.3. The number of hydrogen-bond acceptors (Lipinski definition) is 1. The van der Waals surface area contributed by atoms with Gasteiger partial charge in [-0.1, -0.05) is 0 Å². The van der Waals surface area contributed by atoms with Crippen LogP contribution in [-0.4, -0.2) is 85.0 Å². The van der Waals surface area contributed by atoms with Crippen molar-refractivity contribution in [1.82, 2.24) is 0 Å². The molecule has 0 saturated heterocycles. The molecule has 1 nitrogen and oxygen atoms in total. The molecular formula is C15H7F25O. The first-order valence-corrected chi connectivity index (χ1v) is 9.03. The summed E-state index contributed by atoms with van der Waals surface area (Å²) >= 11 is 0. The maximum Gasteiger partial charge on any atom is 0.438 e. The van der Waals surface area contributed by atoms with Crippen LogP contribution >= 0.6 is 0 Å². The van der Waals surface area contributed by atoms with Gasteiger partial charge in [0.25, 0.3) is 0 Å². The molecule has 0 unspecified atom stereocenters. The highest BCUT2D eigenvalue weighted by Crippen LogP contribution is 2.68. The molecule has 0 saturated carbocycles. The molecule has 0 rings (SSSR count). The van der Waals surface area contributed by atoms with Crippen LogP contribution in [0.25, 0.3) is 0 Å². The molecule has 0 aromatic carbocycles. The van der Waals surface area contributed by atoms with Gasteiger partial charge >= 0.3 is 71.3 Å². The maximum atomic E-state index is 13.6. The lowest BCUT2D eigenvalue weighted by atomic mass is 9.82. The monoisotopic (exact) mass is 678 g/mol. The summed E-state index contributed by atoms with van der Waals surface area (Å²) in [4.78, 5) is 0. The summed E-state index contributed by atoms with van der Waals surface area (Å²) in [5.74, 6) is -80.7. The molecule has 0 aliphatic carbocycles. The van der Waals surface area contributed by atoms with E-state index in [0.717, 1.165) is 0 Å². The van der Waals surface area contributed by atoms with Crippen molar-refractivity contribution in [2.45, 2.75) is 77.7 Å². The van der Waals surface area contributed by atoms with Gasteiger partial charge in [0.1, 0.15) is 0 Å². The van der Waals surface area contributed by atoms with Gasteiger partial charge in [-0.05, 0) is 0 Å². The average Bonchev–Trinajstić information content (AvgIpc) is 2.74. The summed E-state index contributed by atoms with van der Waals surface area (Å²) in [5.41, 5.74) is -9.12. The Kier molecular flexibility index (Phi) is 9.44. The summed E-state index contributed by atoms with van der Waals surface area (Å²) in [6, 6.07) is 0. The van der Waals surface area contributed by atoms with Gasteiger partial charge in [0.2, 0.25) is 0 Å². The normalized spacial score (nSPS) is 16.8. The van der Waals surface area contributed by atoms with Crippen molar-refractivity contribution in [3.63, 3.8) is 0 Å². The Hall–Kier alpha value is -1.79. The summed E-state index contributed by atoms with van der Waals surface area (Å²) in [5, 5.41) is 0. The van der Waals surface area contributed by atoms with E-state index in [0.29, 0.717) is 7.11 Å². The lowest BCUT2D eigenvalue weighted by molar-refractivity contribution is -0.484. The van der Waals surface area contributed by atoms with Gasteiger partial charge in [-0.3, -0.25) is 0 Å². The first-order valence-electron chi connectivity index (χ1n) is 9.03. The molecule has 0 amide bonds. The van der Waals surface area contributed by atoms with Crippen molar-refractivity contribution in [3.05, 3.63) is 0 Å². The number of halogens is 25. The van der Waals surface area contributed by atoms with Gasteiger partial charge in [-0.2, -0.15) is 105 Å². The number of alkyl halides is 25. The van der Waals surface area contributed by atoms with Crippen molar-refractivity contribution < 1.29 is 114 Å². The Morgan fingerprint density at radius 1 is 0.341 bits per heavy atom. The summed E-state index contributed by atoms with van der Waals surface area (Å²) in [6.07, 6.45) is -20.1. The van der Waals surface area contributed by atoms with E-state index < -0.39 is 84.4 Å². The van der Waals surface area contributed by atoms with Crippen molar-refractivity contribution in [2.75, 3.05) is 13.7 Å². The van der Waals surface area contributed by atoms with Crippen LogP contribution in [-0.2, 0) is 4.74 Å². The molecule has 0 aliphatic heterocycles. The largest absolute Gasteiger partial charge is 0.438 e. The van der Waals surface area contributed by atoms with Crippen LogP contribution in [0.5, 0.6) is 0 Å². The van der Waals surface area contributed by atoms with E-state index in [1.165, 1.54) is 0 Å². The molecule has 0 bridgehead atoms. The Balaban J connectivity index is 7.40. The number of hydrogen-bond donors (Lipinski definition) is 0. The van der Waals surface area contributed by atoms with Gasteiger partial charge < -0.3 is 4.74 Å². The van der Waals surface area contributed by atoms with E-state index in [1.54, 1.807) is 0 Å². The highest BCUT2D eigenvalue weighted by Gasteiger charge is 3.00. The van der Waals surface area contributed by atoms with E-state index in [1.807, 2.05) is 0 Å². The lowest BCUT2D eigenvalue weighted by Gasteiger charge is -2.46. The average molecular weight is 678 g/mol. The smallest absolute Gasteiger partial charge is 0.384 e. The molecule has 0 spiro atoms. The molecule has 26 heteroatoms. The van der Waals surface area contributed by atoms with Crippen LogP contribution in [0.3, 0.4) is 0 Å². The standard InChI is InChI=1S/C15H7F25O/c1-41-3-2-4(16,17)6(19,20)8(23,24)10(27,28)12(31,32)13(33,34)11(29,30)9(25,26)7(21,22)5(18,14(35,36)37)15(38,39)40/h2-3H2,1H3. The molecule has 41 heavy (non-hydrogen) atoms. The Morgan fingerprint density at radius 2 is 0.561 bits per heavy atom. The highest BCUT2D eigenvalue weighted by atomic mass is 19.4. The predicted octanol–water partition coefficient (Wildman–Crippen LogP) is 8.57. The third kappa shape index (κ3) is 4.80. The maximum absolute atomic E-state index is 13.6. The molecule has 0 aromatic heterocycles. The topological polar surface area (TPSA) is 9.23 Å². The van der Waals surface area contributed by atoms with Gasteiger partial charge in [-0.25, -0.2) is 4.39 Å². The van der Waals surface area contributed by atoms with E-state index in [9.17, 15) is 110 Å². The number of methoxy groups -OCH3 is 1. The molecule has 0 aromatic rings. The third-order valence-corrected chi connectivity index (χ3v) is 5.05. The van der Waals surface area contributed by atoms with Crippen LogP contribution < -0.4 is 0 Å². The predicted molar refractivity (Wildman–Crippen MR) is 77.0 cm³/mol. The van der Waals surface area contributed by atoms with Crippen molar-refractivity contribution in [2.24, 2.45) is 0 Å². The summed E-state index contributed by atoms with van der Waals surface area (Å²) < 4.78 is 335. The Labute approximate surface area is 207 Å². The van der Waals surface area contributed by atoms with E-state index in [4.69, 9.17) is 0 Å². The highest BCUT2D eigenvalue weighted by molar-refractivity contribution is 5.21. The summed E-state index contributed by atoms with van der Waals surface area (Å²) in [7, 11) is 0.317. The van der Waals surface area contributed by atoms with Crippen molar-refractivity contribution >= 4 is 0 Å². The zero-order valence-corrected chi connectivity index (χ0v) is 18.3. The van der Waals surface area contributed by atoms with E-state index in [2.05, 4.69) is 4.74 Å². The number of ether oxygens (including phenoxy) is 1. The molecule has 0 N–H and O–H groups in total. The van der Waals surface area contributed by atoms with Crippen LogP contribution in [0, 0.1) is 0 Å². The second kappa shape index (κ2) is 9.87. The van der Waals surface area contributed by atoms with Gasteiger partial charge in [0, 0.05) is 13.5 Å². The van der Waals surface area contributed by atoms with Crippen LogP contribution in [0.4, 0.5) is 110 Å². The molecule has 0 radical (unpaired) electrons. The molecule has 0 atom stereocenters. The van der Waals surface area contributed by atoms with Crippen LogP contribution in [0.2, 0.25) is 0 Å². The van der Waals surface area contributed by atoms with Crippen molar-refractivity contribution in [1.29, 1.82) is 0 Å². The minimum atomic E-state index is -9.64. The fourth-order valence-electron chi connectivity index (χ4n) is 2.53. The molecule has 0 heterocycles. The lowest BCUT2D eigenvalue weighted by Crippen LogP contribution is -2.79. The van der Waals surface area contributed by atoms with Crippen molar-refractivity contribution in [3.8, 4) is 0 Å². The van der Waals surface area contributed by atoms with Crippen LogP contribution in [0.15, 0.2) is 0 Å². The second-order valence-corrected chi connectivity index (χ2v) is 7.70. The van der Waals surface area contributed by atoms with Crippen LogP contribution in [0.1, 0.15) is 6.42 Å². The molecule has 0 aliphatic rings. The van der Waals surface area contributed by atoms with Gasteiger partial charge in [0.05, 0.1) is 6.61 Å². The van der Waals surface area contributed by atoms with E-state index in [-0.39, 0.29) is 0 Å². The van der Waals surface area contributed by atoms with Gasteiger partial charge in [-0.15, -0.1) is 0 Å². The quantitative estimate of drug-likeness (QED) is 0.188. The molecule has 248 valence electrons. The second-order valence-electron chi connectivity index (χ2n) is 7.70. The minimum absolute atomic E-state index is 0.317. The molecular weight excluding hydrogens is 671 g/mol. The number of rotatable bonds is 12. The zero-order chi connectivity index (χ0) is 34.1. The molecule has 0 fully saturated rings. The van der Waals surface area contributed by atoms with E-state index >= 15 is 0 Å².